The molecule has 19 heavy (non-hydrogen) atoms. The second kappa shape index (κ2) is 5.93. The first-order valence-electron chi connectivity index (χ1n) is 7.49. The summed E-state index contributed by atoms with van der Waals surface area (Å²) in [5.41, 5.74) is 1.26. The molecule has 1 fully saturated rings. The van der Waals surface area contributed by atoms with E-state index in [9.17, 15) is 5.11 Å². The molecule has 0 unspecified atom stereocenters. The average molecular weight is 261 g/mol. The number of para-hydroxylation sites is 1. The van der Waals surface area contributed by atoms with Gasteiger partial charge in [0.05, 0.1) is 0 Å². The highest BCUT2D eigenvalue weighted by atomic mass is 16.5. The molecular weight excluding hydrogens is 238 g/mol. The van der Waals surface area contributed by atoms with Crippen molar-refractivity contribution >= 4 is 0 Å². The number of aliphatic hydroxyl groups excluding tert-OH is 1. The lowest BCUT2D eigenvalue weighted by Gasteiger charge is -2.30. The lowest BCUT2D eigenvalue weighted by molar-refractivity contribution is 0.0231. The van der Waals surface area contributed by atoms with Crippen molar-refractivity contribution in [3.05, 3.63) is 29.8 Å². The minimum atomic E-state index is -0.408. The number of hydrogen-bond acceptors (Lipinski definition) is 3. The summed E-state index contributed by atoms with van der Waals surface area (Å²) in [5, 5.41) is 13.7. The average Bonchev–Trinajstić information content (AvgIpc) is 2.97. The normalized spacial score (nSPS) is 24.8. The first kappa shape index (κ1) is 12.9. The largest absolute Gasteiger partial charge is 0.487 e. The van der Waals surface area contributed by atoms with Crippen LogP contribution in [0, 0.1) is 0 Å². The summed E-state index contributed by atoms with van der Waals surface area (Å²) in [6.07, 6.45) is 6.58. The van der Waals surface area contributed by atoms with E-state index in [-0.39, 0.29) is 6.10 Å². The number of aliphatic hydroxyl groups is 1. The van der Waals surface area contributed by atoms with Crippen LogP contribution in [0.3, 0.4) is 0 Å². The van der Waals surface area contributed by atoms with E-state index in [0.717, 1.165) is 18.6 Å². The number of nitrogens with one attached hydrogen (secondary N) is 1. The van der Waals surface area contributed by atoms with E-state index < -0.39 is 6.10 Å². The molecule has 1 saturated carbocycles. The van der Waals surface area contributed by atoms with Crippen molar-refractivity contribution in [3.63, 3.8) is 0 Å². The van der Waals surface area contributed by atoms with Gasteiger partial charge in [-0.3, -0.25) is 0 Å². The van der Waals surface area contributed by atoms with E-state index in [1.165, 1.54) is 31.2 Å². The van der Waals surface area contributed by atoms with E-state index >= 15 is 0 Å². The minimum absolute atomic E-state index is 0.0659. The van der Waals surface area contributed by atoms with E-state index in [1.54, 1.807) is 0 Å². The fraction of sp³-hybridized carbons (Fsp3) is 0.625. The topological polar surface area (TPSA) is 41.5 Å². The van der Waals surface area contributed by atoms with Crippen LogP contribution < -0.4 is 10.1 Å². The summed E-state index contributed by atoms with van der Waals surface area (Å²) in [4.78, 5) is 0. The fourth-order valence-corrected chi connectivity index (χ4v) is 3.16. The highest BCUT2D eigenvalue weighted by molar-refractivity contribution is 5.35. The van der Waals surface area contributed by atoms with Crippen LogP contribution in [-0.2, 0) is 6.42 Å². The molecule has 3 rings (SSSR count). The van der Waals surface area contributed by atoms with Crippen LogP contribution in [0.1, 0.15) is 37.7 Å². The maximum absolute atomic E-state index is 10.3. The number of fused-ring (bicyclic) bond motifs is 1. The lowest BCUT2D eigenvalue weighted by atomic mass is 9.99. The van der Waals surface area contributed by atoms with Gasteiger partial charge >= 0.3 is 0 Å². The summed E-state index contributed by atoms with van der Waals surface area (Å²) in [7, 11) is 0. The Labute approximate surface area is 115 Å². The Morgan fingerprint density at radius 1 is 1.21 bits per heavy atom. The second-order valence-electron chi connectivity index (χ2n) is 5.76. The number of benzene rings is 1. The number of hydrogen-bond donors (Lipinski definition) is 2. The third-order valence-corrected chi connectivity index (χ3v) is 4.35. The minimum Gasteiger partial charge on any atom is -0.487 e. The van der Waals surface area contributed by atoms with Gasteiger partial charge in [-0.1, -0.05) is 31.0 Å². The van der Waals surface area contributed by atoms with Gasteiger partial charge in [-0.2, -0.15) is 0 Å². The molecule has 0 bridgehead atoms. The van der Waals surface area contributed by atoms with E-state index in [4.69, 9.17) is 4.74 Å². The number of ether oxygens (including phenoxy) is 1. The van der Waals surface area contributed by atoms with Crippen LogP contribution in [0.5, 0.6) is 5.75 Å². The van der Waals surface area contributed by atoms with Crippen molar-refractivity contribution in [1.29, 1.82) is 0 Å². The summed E-state index contributed by atoms with van der Waals surface area (Å²) in [6, 6.07) is 8.74. The van der Waals surface area contributed by atoms with Gasteiger partial charge < -0.3 is 15.2 Å². The van der Waals surface area contributed by atoms with Gasteiger partial charge in [0.1, 0.15) is 18.0 Å². The van der Waals surface area contributed by atoms with Gasteiger partial charge in [-0.05, 0) is 37.3 Å². The summed E-state index contributed by atoms with van der Waals surface area (Å²) in [5.74, 6) is 0.943. The third kappa shape index (κ3) is 3.10. The summed E-state index contributed by atoms with van der Waals surface area (Å²) in [6.45, 7) is 0.650. The molecule has 1 aliphatic carbocycles. The van der Waals surface area contributed by atoms with Gasteiger partial charge in [-0.15, -0.1) is 0 Å². The molecule has 2 atom stereocenters. The molecule has 3 heteroatoms. The van der Waals surface area contributed by atoms with Crippen molar-refractivity contribution < 1.29 is 9.84 Å². The Morgan fingerprint density at radius 2 is 2.00 bits per heavy atom. The van der Waals surface area contributed by atoms with Crippen LogP contribution in [0.25, 0.3) is 0 Å². The van der Waals surface area contributed by atoms with Crippen LogP contribution >= 0.6 is 0 Å². The monoisotopic (exact) mass is 261 g/mol. The van der Waals surface area contributed by atoms with Crippen molar-refractivity contribution in [2.24, 2.45) is 0 Å². The van der Waals surface area contributed by atoms with Crippen LogP contribution in [0.4, 0.5) is 0 Å². The first-order chi connectivity index (χ1) is 9.33. The summed E-state index contributed by atoms with van der Waals surface area (Å²) < 4.78 is 5.92. The molecule has 0 saturated heterocycles. The smallest absolute Gasteiger partial charge is 0.126 e. The number of aryl methyl sites for hydroxylation is 1. The molecule has 1 aliphatic heterocycles. The predicted octanol–water partition coefficient (Wildman–Crippen LogP) is 2.27. The standard InChI is InChI=1S/C16H23NO2/c18-14(11-17-13-6-2-3-7-13)16-10-9-12-5-1-4-8-15(12)19-16/h1,4-5,8,13-14,16-18H,2-3,6-7,9-11H2/t14-,16+/m1/s1. The van der Waals surface area contributed by atoms with E-state index in [0.29, 0.717) is 12.6 Å². The van der Waals surface area contributed by atoms with Gasteiger partial charge in [0.25, 0.3) is 0 Å². The Kier molecular flexibility index (Phi) is 4.04. The molecule has 1 aromatic carbocycles. The molecule has 104 valence electrons. The summed E-state index contributed by atoms with van der Waals surface area (Å²) >= 11 is 0. The molecule has 0 amide bonds. The zero-order valence-corrected chi connectivity index (χ0v) is 11.3. The Hall–Kier alpha value is -1.06. The first-order valence-corrected chi connectivity index (χ1v) is 7.49. The van der Waals surface area contributed by atoms with Crippen LogP contribution in [0.15, 0.2) is 24.3 Å². The van der Waals surface area contributed by atoms with Crippen LogP contribution in [0.2, 0.25) is 0 Å². The molecule has 1 aromatic rings. The molecule has 0 radical (unpaired) electrons. The van der Waals surface area contributed by atoms with E-state index in [2.05, 4.69) is 11.4 Å². The molecule has 2 N–H and O–H groups in total. The van der Waals surface area contributed by atoms with Crippen LogP contribution in [-0.4, -0.2) is 29.9 Å². The van der Waals surface area contributed by atoms with Crippen molar-refractivity contribution in [2.75, 3.05) is 6.54 Å². The van der Waals surface area contributed by atoms with Crippen molar-refractivity contribution in [1.82, 2.24) is 5.32 Å². The molecule has 1 heterocycles. The highest BCUT2D eigenvalue weighted by Crippen LogP contribution is 2.28. The fourth-order valence-electron chi connectivity index (χ4n) is 3.16. The number of rotatable bonds is 4. The Balaban J connectivity index is 1.52. The molecular formula is C16H23NO2. The highest BCUT2D eigenvalue weighted by Gasteiger charge is 2.26. The maximum atomic E-state index is 10.3. The lowest BCUT2D eigenvalue weighted by Crippen LogP contribution is -2.43. The quantitative estimate of drug-likeness (QED) is 0.873. The predicted molar refractivity (Wildman–Crippen MR) is 75.4 cm³/mol. The SMILES string of the molecule is O[C@H](CNC1CCCC1)[C@@H]1CCc2ccccc2O1. The van der Waals surface area contributed by atoms with Gasteiger partial charge in [-0.25, -0.2) is 0 Å². The molecule has 0 aromatic heterocycles. The molecule has 0 spiro atoms. The van der Waals surface area contributed by atoms with Gasteiger partial charge in [0.15, 0.2) is 0 Å². The zero-order valence-electron chi connectivity index (χ0n) is 11.3. The maximum Gasteiger partial charge on any atom is 0.126 e. The molecule has 3 nitrogen and oxygen atoms in total. The van der Waals surface area contributed by atoms with Gasteiger partial charge in [0, 0.05) is 12.6 Å². The molecule has 2 aliphatic rings. The van der Waals surface area contributed by atoms with Crippen molar-refractivity contribution in [3.8, 4) is 5.75 Å². The Morgan fingerprint density at radius 3 is 2.84 bits per heavy atom. The van der Waals surface area contributed by atoms with Gasteiger partial charge in [0.2, 0.25) is 0 Å². The Bertz CT molecular complexity index is 415. The van der Waals surface area contributed by atoms with Crippen molar-refractivity contribution in [2.45, 2.75) is 56.8 Å². The zero-order chi connectivity index (χ0) is 13.1. The van der Waals surface area contributed by atoms with E-state index in [1.807, 2.05) is 18.2 Å². The second-order valence-corrected chi connectivity index (χ2v) is 5.76. The third-order valence-electron chi connectivity index (χ3n) is 4.35.